The molecule has 12 nitrogen and oxygen atoms in total. The molecule has 0 aromatic carbocycles. The summed E-state index contributed by atoms with van der Waals surface area (Å²) in [6.45, 7) is -0.609. The highest BCUT2D eigenvalue weighted by molar-refractivity contribution is 7.80. The second-order valence-electron chi connectivity index (χ2n) is 4.25. The number of aliphatic carboxylic acids is 1. The van der Waals surface area contributed by atoms with Gasteiger partial charge in [-0.05, 0) is 6.42 Å². The molecule has 0 bridgehead atoms. The number of thiol groups is 1. The summed E-state index contributed by atoms with van der Waals surface area (Å²) >= 11 is 1.06. The molecular formula is C10H17N3O9S2. The van der Waals surface area contributed by atoms with Crippen LogP contribution in [0.3, 0.4) is 0 Å². The second kappa shape index (κ2) is 11.7. The van der Waals surface area contributed by atoms with E-state index in [1.807, 2.05) is 0 Å². The molecule has 138 valence electrons. The van der Waals surface area contributed by atoms with Gasteiger partial charge >= 0.3 is 23.3 Å². The molecule has 0 fully saturated rings. The summed E-state index contributed by atoms with van der Waals surface area (Å²) in [4.78, 5) is 48.8. The van der Waals surface area contributed by atoms with Crippen LogP contribution in [0.1, 0.15) is 12.8 Å². The Bertz CT molecular complexity index is 502. The maximum Gasteiger partial charge on any atom is 0.360 e. The van der Waals surface area contributed by atoms with Crippen LogP contribution in [0.2, 0.25) is 0 Å². The van der Waals surface area contributed by atoms with Crippen LogP contribution in [0.4, 0.5) is 0 Å². The van der Waals surface area contributed by atoms with Crippen LogP contribution in [0.15, 0.2) is 0 Å². The fourth-order valence-electron chi connectivity index (χ4n) is 1.28. The van der Waals surface area contributed by atoms with Crippen molar-refractivity contribution in [2.75, 3.05) is 12.3 Å². The van der Waals surface area contributed by atoms with Crippen molar-refractivity contribution in [3.8, 4) is 0 Å². The normalized spacial score (nSPS) is 14.1. The number of carboxylic acids is 1. The molecule has 0 rings (SSSR count). The second-order valence-corrected chi connectivity index (χ2v) is 5.18. The zero-order chi connectivity index (χ0) is 18.7. The predicted octanol–water partition coefficient (Wildman–Crippen LogP) is -2.68. The Hall–Kier alpha value is -1.74. The number of carbonyl (C=O) groups is 4. The van der Waals surface area contributed by atoms with Gasteiger partial charge in [0.1, 0.15) is 18.6 Å². The van der Waals surface area contributed by atoms with Gasteiger partial charge in [-0.1, -0.05) is 4.33 Å². The lowest BCUT2D eigenvalue weighted by Gasteiger charge is -2.16. The van der Waals surface area contributed by atoms with Gasteiger partial charge in [-0.15, -0.1) is 0 Å². The first-order chi connectivity index (χ1) is 11.2. The Morgan fingerprint density at radius 1 is 1.29 bits per heavy atom. The number of amides is 2. The number of carbonyl (C=O) groups excluding carboxylic acids is 3. The Morgan fingerprint density at radius 3 is 2.42 bits per heavy atom. The molecule has 0 spiro atoms. The fourth-order valence-corrected chi connectivity index (χ4v) is 1.66. The topological polar surface area (TPSA) is 194 Å². The van der Waals surface area contributed by atoms with E-state index in [1.54, 1.807) is 0 Å². The van der Waals surface area contributed by atoms with Crippen molar-refractivity contribution >= 4 is 47.7 Å². The summed E-state index contributed by atoms with van der Waals surface area (Å²) in [7, 11) is 0. The van der Waals surface area contributed by atoms with Crippen molar-refractivity contribution in [2.24, 2.45) is 5.73 Å². The Morgan fingerprint density at radius 2 is 1.92 bits per heavy atom. The van der Waals surface area contributed by atoms with Crippen molar-refractivity contribution in [1.82, 2.24) is 10.6 Å². The molecule has 14 heteroatoms. The molecule has 0 aromatic rings. The average molecular weight is 387 g/mol. The largest absolute Gasteiger partial charge is 0.480 e. The van der Waals surface area contributed by atoms with E-state index in [9.17, 15) is 23.4 Å². The van der Waals surface area contributed by atoms with E-state index in [2.05, 4.69) is 32.5 Å². The third-order valence-corrected chi connectivity index (χ3v) is 2.96. The number of nitrogens with two attached hydrogens (primary N) is 1. The highest BCUT2D eigenvalue weighted by Crippen LogP contribution is 2.00. The Balaban J connectivity index is 4.25. The molecule has 0 aromatic heterocycles. The Kier molecular flexibility index (Phi) is 10.9. The first-order valence-corrected chi connectivity index (χ1v) is 7.98. The first-order valence-electron chi connectivity index (χ1n) is 6.32. The van der Waals surface area contributed by atoms with E-state index >= 15 is 0 Å². The van der Waals surface area contributed by atoms with Crippen molar-refractivity contribution < 1.29 is 42.3 Å². The molecular weight excluding hydrogens is 370 g/mol. The minimum Gasteiger partial charge on any atom is -0.480 e. The van der Waals surface area contributed by atoms with E-state index in [-0.39, 0.29) is 18.6 Å². The van der Waals surface area contributed by atoms with Crippen molar-refractivity contribution in [1.29, 1.82) is 0 Å². The molecule has 0 aliphatic heterocycles. The highest BCUT2D eigenvalue weighted by Gasteiger charge is 2.22. The van der Waals surface area contributed by atoms with Crippen LogP contribution >= 0.6 is 12.6 Å². The van der Waals surface area contributed by atoms with Gasteiger partial charge in [-0.25, -0.2) is 4.79 Å². The lowest BCUT2D eigenvalue weighted by atomic mass is 10.1. The van der Waals surface area contributed by atoms with Crippen molar-refractivity contribution in [3.05, 3.63) is 0 Å². The number of hydrogen-bond donors (Lipinski definition) is 6. The molecule has 0 aliphatic carbocycles. The van der Waals surface area contributed by atoms with E-state index in [0.29, 0.717) is 0 Å². The SMILES string of the molecule is NC(CCC(=O)NC(CS)C(=O)NCC(=O)O)C(=O)OOS(=O)O. The lowest BCUT2D eigenvalue weighted by molar-refractivity contribution is -0.213. The summed E-state index contributed by atoms with van der Waals surface area (Å²) in [6, 6.07) is -2.36. The molecule has 6 N–H and O–H groups in total. The van der Waals surface area contributed by atoms with Gasteiger partial charge in [-0.3, -0.25) is 23.8 Å². The standard InChI is InChI=1S/C10H17N3O9S2/c11-5(10(18)21-22-24(19)20)1-2-7(14)13-6(4-23)9(17)12-3-8(15)16/h5-6,23H,1-4,11H2,(H,12,17)(H,13,14)(H,15,16)(H,19,20). The molecule has 0 heterocycles. The van der Waals surface area contributed by atoms with E-state index in [4.69, 9.17) is 15.4 Å². The van der Waals surface area contributed by atoms with Gasteiger partial charge in [0.25, 0.3) is 0 Å². The predicted molar refractivity (Wildman–Crippen MR) is 81.6 cm³/mol. The van der Waals surface area contributed by atoms with Gasteiger partial charge in [-0.2, -0.15) is 16.8 Å². The van der Waals surface area contributed by atoms with Crippen LogP contribution in [-0.4, -0.2) is 62.0 Å². The summed E-state index contributed by atoms with van der Waals surface area (Å²) in [5, 5.41) is 12.8. The molecule has 3 atom stereocenters. The number of carboxylic acid groups (broad SMARTS) is 1. The van der Waals surface area contributed by atoms with E-state index in [0.717, 1.165) is 0 Å². The zero-order valence-electron chi connectivity index (χ0n) is 12.2. The smallest absolute Gasteiger partial charge is 0.360 e. The Labute approximate surface area is 144 Å². The molecule has 24 heavy (non-hydrogen) atoms. The van der Waals surface area contributed by atoms with Crippen LogP contribution in [0.5, 0.6) is 0 Å². The van der Waals surface area contributed by atoms with E-state index < -0.39 is 53.7 Å². The minimum absolute atomic E-state index is 0.0819. The quantitative estimate of drug-likeness (QED) is 0.0941. The number of nitrogens with one attached hydrogen (secondary N) is 2. The zero-order valence-corrected chi connectivity index (χ0v) is 13.9. The third-order valence-electron chi connectivity index (χ3n) is 2.41. The molecule has 3 unspecified atom stereocenters. The van der Waals surface area contributed by atoms with Gasteiger partial charge in [0.2, 0.25) is 11.8 Å². The molecule has 2 amide bonds. The summed E-state index contributed by atoms with van der Waals surface area (Å²) in [6.07, 6.45) is -0.461. The maximum absolute atomic E-state index is 11.7. The van der Waals surface area contributed by atoms with E-state index in [1.165, 1.54) is 0 Å². The number of hydrogen-bond acceptors (Lipinski definition) is 9. The van der Waals surface area contributed by atoms with Crippen LogP contribution in [0.25, 0.3) is 0 Å². The minimum atomic E-state index is -2.81. The van der Waals surface area contributed by atoms with Crippen LogP contribution < -0.4 is 16.4 Å². The lowest BCUT2D eigenvalue weighted by Crippen LogP contribution is -2.49. The first kappa shape index (κ1) is 22.3. The van der Waals surface area contributed by atoms with Crippen LogP contribution in [-0.2, 0) is 39.8 Å². The van der Waals surface area contributed by atoms with Crippen molar-refractivity contribution in [3.63, 3.8) is 0 Å². The molecule has 0 saturated carbocycles. The van der Waals surface area contributed by atoms with Gasteiger partial charge in [0, 0.05) is 12.2 Å². The summed E-state index contributed by atoms with van der Waals surface area (Å²) in [5.74, 6) is -3.86. The van der Waals surface area contributed by atoms with Crippen LogP contribution in [0, 0.1) is 0 Å². The molecule has 0 radical (unpaired) electrons. The average Bonchev–Trinajstić information content (AvgIpc) is 2.52. The fraction of sp³-hybridized carbons (Fsp3) is 0.600. The van der Waals surface area contributed by atoms with Gasteiger partial charge < -0.3 is 21.5 Å². The van der Waals surface area contributed by atoms with Gasteiger partial charge in [0.15, 0.2) is 0 Å². The summed E-state index contributed by atoms with van der Waals surface area (Å²) in [5.41, 5.74) is 5.38. The third kappa shape index (κ3) is 10.1. The number of rotatable bonds is 11. The van der Waals surface area contributed by atoms with Crippen molar-refractivity contribution in [2.45, 2.75) is 24.9 Å². The highest BCUT2D eigenvalue weighted by atomic mass is 32.2. The maximum atomic E-state index is 11.7. The molecule has 0 saturated heterocycles. The summed E-state index contributed by atoms with van der Waals surface area (Å²) < 4.78 is 22.1. The van der Waals surface area contributed by atoms with Gasteiger partial charge in [0.05, 0.1) is 0 Å². The monoisotopic (exact) mass is 387 g/mol. The molecule has 0 aliphatic rings.